The maximum absolute atomic E-state index is 14.4. The van der Waals surface area contributed by atoms with Gasteiger partial charge in [-0.25, -0.2) is 0 Å². The van der Waals surface area contributed by atoms with Crippen LogP contribution >= 0.6 is 11.6 Å². The summed E-state index contributed by atoms with van der Waals surface area (Å²) in [4.78, 5) is 254. The Kier molecular flexibility index (Phi) is 32.2. The predicted octanol–water partition coefficient (Wildman–Crippen LogP) is 13.2. The van der Waals surface area contributed by atoms with E-state index in [-0.39, 0.29) is 0 Å². The molecule has 0 fully saturated rings. The topological polar surface area (TPSA) is 546 Å². The van der Waals surface area contributed by atoms with Crippen LogP contribution < -0.4 is 114 Å². The number of hydrogen-bond donors (Lipinski definition) is 0. The zero-order chi connectivity index (χ0) is 96.5. The molecule has 0 radical (unpaired) electrons. The van der Waals surface area contributed by atoms with Crippen molar-refractivity contribution in [3.8, 4) is 189 Å². The zero-order valence-electron chi connectivity index (χ0n) is 71.5. The largest absolute Gasteiger partial charge is 0.449 e. The zero-order valence-corrected chi connectivity index (χ0v) is 72.3. The molecule has 0 spiro atoms. The summed E-state index contributed by atoms with van der Waals surface area (Å²) in [5.74, 6) is -49.1. The number of benzene rings is 8. The standard InChI is InChI=1S/C86H71ClO43/c1-34(88)107-53-20-59(112-39(6)93)75(60(21-53)113-40(7)94)77-63(127-81-67(118-45(12)99)26-55(109-36(3)90)27-68(81)119-46(13)100)32-73(122-49(16)103)83(85(77)124-51(18)105)129-71-30-57(111-38(5)92)31-72(80(71)126-58-24-65(116-43(10)97)79(87)66(25-58)117-44(11)98)130-84-74(123-50(17)104)33-64(128-82-69(120-47(14)101)28-56(110-37(4)91)29-70(82)121-48(15)102)78(86(84)125-52(19)106)76-61(114-41(8)95)22-54(108-35(2)89)23-62(76)115-42(9)96/h20-33H,1-19H3. The Balaban J connectivity index is 1.74. The highest BCUT2D eigenvalue weighted by molar-refractivity contribution is 6.33. The van der Waals surface area contributed by atoms with E-state index in [2.05, 4.69) is 0 Å². The maximum atomic E-state index is 14.4. The van der Waals surface area contributed by atoms with Crippen molar-refractivity contribution in [2.24, 2.45) is 0 Å². The first-order valence-corrected chi connectivity index (χ1v) is 37.3. The molecular formula is C86H71ClO43. The highest BCUT2D eigenvalue weighted by Gasteiger charge is 2.40. The molecule has 130 heavy (non-hydrogen) atoms. The summed E-state index contributed by atoms with van der Waals surface area (Å²) in [6, 6.07) is 11.1. The van der Waals surface area contributed by atoms with Gasteiger partial charge in [-0.3, -0.25) is 91.1 Å². The number of ether oxygens (including phenoxy) is 24. The molecule has 0 saturated heterocycles. The van der Waals surface area contributed by atoms with E-state index in [1.807, 2.05) is 0 Å². The van der Waals surface area contributed by atoms with Gasteiger partial charge < -0.3 is 114 Å². The van der Waals surface area contributed by atoms with Crippen molar-refractivity contribution in [2.75, 3.05) is 0 Å². The molecule has 43 nitrogen and oxygen atoms in total. The van der Waals surface area contributed by atoms with E-state index in [9.17, 15) is 91.1 Å². The second-order valence-corrected chi connectivity index (χ2v) is 26.5. The third kappa shape index (κ3) is 27.0. The fraction of sp³-hybridized carbons (Fsp3) is 0.221. The van der Waals surface area contributed by atoms with Crippen LogP contribution in [0, 0.1) is 0 Å². The molecule has 0 bridgehead atoms. The average molecular weight is 1830 g/mol. The molecule has 0 aliphatic rings. The van der Waals surface area contributed by atoms with Crippen LogP contribution in [0.3, 0.4) is 0 Å². The van der Waals surface area contributed by atoms with E-state index in [0.29, 0.717) is 12.1 Å². The summed E-state index contributed by atoms with van der Waals surface area (Å²) in [5.41, 5.74) is -3.66. The molecular weight excluding hydrogens is 1760 g/mol. The van der Waals surface area contributed by atoms with Crippen LogP contribution in [-0.2, 0) is 91.1 Å². The highest BCUT2D eigenvalue weighted by atomic mass is 35.5. The smallest absolute Gasteiger partial charge is 0.308 e. The number of esters is 19. The first-order valence-electron chi connectivity index (χ1n) is 36.9. The SMILES string of the molecule is CC(=O)Oc1cc(Oc2c(OC(C)=O)cc(Oc3c(OC(C)=O)cc(OC(C)=O)cc3OC(C)=O)c(-c3c(OC(C)=O)cc(OC(C)=O)cc3OC(C)=O)c2OC(C)=O)c(Oc2cc(OC(C)=O)c(Cl)c(OC(C)=O)c2)c(Oc2c(OC(C)=O)cc(Oc3c(OC(C)=O)cc(OC(C)=O)cc3OC(C)=O)c(-c3c(OC(C)=O)cc(OC(C)=O)cc3OC(C)=O)c2OC(C)=O)c1. The van der Waals surface area contributed by atoms with Gasteiger partial charge in [0.25, 0.3) is 0 Å². The number of rotatable bonds is 31. The van der Waals surface area contributed by atoms with Gasteiger partial charge >= 0.3 is 113 Å². The van der Waals surface area contributed by atoms with E-state index in [1.54, 1.807) is 0 Å². The fourth-order valence-corrected chi connectivity index (χ4v) is 11.5. The van der Waals surface area contributed by atoms with Crippen LogP contribution in [0.4, 0.5) is 0 Å². The van der Waals surface area contributed by atoms with Crippen molar-refractivity contribution in [3.63, 3.8) is 0 Å². The lowest BCUT2D eigenvalue weighted by Gasteiger charge is -2.26. The van der Waals surface area contributed by atoms with Gasteiger partial charge in [-0.05, 0) is 0 Å². The van der Waals surface area contributed by atoms with Gasteiger partial charge in [0, 0.05) is 216 Å². The van der Waals surface area contributed by atoms with Crippen molar-refractivity contribution in [1.82, 2.24) is 0 Å². The lowest BCUT2D eigenvalue weighted by molar-refractivity contribution is -0.133. The summed E-state index contributed by atoms with van der Waals surface area (Å²) in [6.45, 7) is 16.2. The minimum atomic E-state index is -1.45. The Bertz CT molecular complexity index is 5630. The number of carbonyl (C=O) groups excluding carboxylic acids is 19. The second kappa shape index (κ2) is 42.6. The van der Waals surface area contributed by atoms with Gasteiger partial charge in [-0.2, -0.15) is 0 Å². The Morgan fingerprint density at radius 3 is 0.523 bits per heavy atom. The maximum Gasteiger partial charge on any atom is 0.308 e. The number of carbonyl (C=O) groups is 19. The fourth-order valence-electron chi connectivity index (χ4n) is 11.3. The van der Waals surface area contributed by atoms with Crippen LogP contribution in [-0.4, -0.2) is 113 Å². The Labute approximate surface area is 737 Å². The van der Waals surface area contributed by atoms with Gasteiger partial charge in [0.15, 0.2) is 69.0 Å². The molecule has 0 aromatic heterocycles. The molecule has 0 aliphatic carbocycles. The normalized spacial score (nSPS) is 10.4. The van der Waals surface area contributed by atoms with E-state index < -0.39 is 307 Å². The molecule has 44 heteroatoms. The van der Waals surface area contributed by atoms with Gasteiger partial charge in [0.2, 0.25) is 28.7 Å². The van der Waals surface area contributed by atoms with E-state index in [4.69, 9.17) is 125 Å². The van der Waals surface area contributed by atoms with Crippen LogP contribution in [0.1, 0.15) is 132 Å². The molecule has 8 rings (SSSR count). The highest BCUT2D eigenvalue weighted by Crippen LogP contribution is 2.64. The molecule has 8 aromatic carbocycles. The minimum absolute atomic E-state index is 0.506. The molecule has 8 aromatic rings. The molecule has 0 saturated carbocycles. The van der Waals surface area contributed by atoms with Crippen LogP contribution in [0.25, 0.3) is 22.3 Å². The molecule has 0 unspecified atom stereocenters. The summed E-state index contributed by atoms with van der Waals surface area (Å²) in [5, 5.41) is -0.625. The van der Waals surface area contributed by atoms with E-state index in [1.165, 1.54) is 0 Å². The molecule has 0 amide bonds. The molecule has 0 aliphatic heterocycles. The Hall–Kier alpha value is -17.0. The third-order valence-electron chi connectivity index (χ3n) is 14.8. The van der Waals surface area contributed by atoms with Gasteiger partial charge in [0.05, 0.1) is 22.3 Å². The van der Waals surface area contributed by atoms with Crippen LogP contribution in [0.5, 0.6) is 167 Å². The van der Waals surface area contributed by atoms with Crippen LogP contribution in [0.15, 0.2) is 84.9 Å². The third-order valence-corrected chi connectivity index (χ3v) is 15.2. The minimum Gasteiger partial charge on any atom is -0.449 e. The summed E-state index contributed by atoms with van der Waals surface area (Å²) in [6.07, 6.45) is 0. The first-order chi connectivity index (χ1) is 60.9. The lowest BCUT2D eigenvalue weighted by atomic mass is 9.99. The number of halogens is 1. The van der Waals surface area contributed by atoms with Crippen LogP contribution in [0.2, 0.25) is 5.02 Å². The van der Waals surface area contributed by atoms with Gasteiger partial charge in [-0.1, -0.05) is 11.6 Å². The first kappa shape index (κ1) is 98.4. The van der Waals surface area contributed by atoms with Crippen molar-refractivity contribution < 1.29 is 205 Å². The molecule has 0 N–H and O–H groups in total. The lowest BCUT2D eigenvalue weighted by Crippen LogP contribution is -2.13. The Morgan fingerprint density at radius 2 is 0.308 bits per heavy atom. The van der Waals surface area contributed by atoms with E-state index >= 15 is 0 Å². The van der Waals surface area contributed by atoms with Crippen molar-refractivity contribution in [2.45, 2.75) is 132 Å². The summed E-state index contributed by atoms with van der Waals surface area (Å²) >= 11 is 6.73. The summed E-state index contributed by atoms with van der Waals surface area (Å²) in [7, 11) is 0. The van der Waals surface area contributed by atoms with Crippen molar-refractivity contribution >= 4 is 125 Å². The van der Waals surface area contributed by atoms with E-state index in [0.717, 1.165) is 204 Å². The van der Waals surface area contributed by atoms with Crippen molar-refractivity contribution in [3.05, 3.63) is 90.0 Å². The number of hydrogen-bond acceptors (Lipinski definition) is 43. The molecule has 0 atom stereocenters. The monoisotopic (exact) mass is 1830 g/mol. The second-order valence-electron chi connectivity index (χ2n) is 26.2. The van der Waals surface area contributed by atoms with Crippen molar-refractivity contribution in [1.29, 1.82) is 0 Å². The quantitative estimate of drug-likeness (QED) is 0.0288. The summed E-state index contributed by atoms with van der Waals surface area (Å²) < 4.78 is 141. The van der Waals surface area contributed by atoms with Gasteiger partial charge in [-0.15, -0.1) is 0 Å². The Morgan fingerprint density at radius 1 is 0.146 bits per heavy atom. The average Bonchev–Trinajstić information content (AvgIpc) is 0.747. The van der Waals surface area contributed by atoms with Gasteiger partial charge in [0.1, 0.15) is 74.0 Å². The molecule has 680 valence electrons. The molecule has 0 heterocycles. The predicted molar refractivity (Wildman–Crippen MR) is 430 cm³/mol.